The lowest BCUT2D eigenvalue weighted by molar-refractivity contribution is -0.147. The van der Waals surface area contributed by atoms with Crippen LogP contribution in [0.15, 0.2) is 47.1 Å². The van der Waals surface area contributed by atoms with Gasteiger partial charge >= 0.3 is 5.97 Å². The average Bonchev–Trinajstić information content (AvgIpc) is 3.08. The summed E-state index contributed by atoms with van der Waals surface area (Å²) in [5, 5.41) is 3.66. The van der Waals surface area contributed by atoms with E-state index in [1.807, 2.05) is 26.0 Å². The fourth-order valence-corrected chi connectivity index (χ4v) is 3.78. The zero-order valence-corrected chi connectivity index (χ0v) is 17.9. The number of carbonyl (C=O) groups excluding carboxylic acids is 3. The highest BCUT2D eigenvalue weighted by molar-refractivity contribution is 6.14. The molecule has 0 radical (unpaired) electrons. The van der Waals surface area contributed by atoms with Crippen molar-refractivity contribution in [3.8, 4) is 0 Å². The van der Waals surface area contributed by atoms with Crippen molar-refractivity contribution in [3.05, 3.63) is 59.4 Å². The number of benzene rings is 2. The molecule has 1 aliphatic heterocycles. The summed E-state index contributed by atoms with van der Waals surface area (Å²) in [4.78, 5) is 39.3. The van der Waals surface area contributed by atoms with E-state index in [9.17, 15) is 14.4 Å². The van der Waals surface area contributed by atoms with E-state index < -0.39 is 24.0 Å². The lowest BCUT2D eigenvalue weighted by Gasteiger charge is -2.41. The maximum atomic E-state index is 13.0. The molecule has 0 bridgehead atoms. The molecule has 2 aromatic carbocycles. The number of para-hydroxylation sites is 2. The maximum absolute atomic E-state index is 13.0. The quantitative estimate of drug-likeness (QED) is 0.647. The number of esters is 1. The lowest BCUT2D eigenvalue weighted by atomic mass is 9.96. The third kappa shape index (κ3) is 3.67. The molecular weight excluding hydrogens is 396 g/mol. The number of amides is 2. The van der Waals surface area contributed by atoms with Crippen LogP contribution >= 0.6 is 0 Å². The van der Waals surface area contributed by atoms with Crippen molar-refractivity contribution in [1.82, 2.24) is 0 Å². The first-order valence-corrected chi connectivity index (χ1v) is 10.0. The summed E-state index contributed by atoms with van der Waals surface area (Å²) in [6.07, 6.45) is 1.53. The van der Waals surface area contributed by atoms with Crippen LogP contribution in [0.1, 0.15) is 30.5 Å². The number of hydrogen-bond acceptors (Lipinski definition) is 5. The summed E-state index contributed by atoms with van der Waals surface area (Å²) >= 11 is 0. The predicted octanol–water partition coefficient (Wildman–Crippen LogP) is 3.90. The SMILES string of the molecule is Cc1cc2occ(CC(=O)OCC(=O)N3c4ccccc4NC(=O)C3(C)C)c2cc1C. The van der Waals surface area contributed by atoms with E-state index in [0.29, 0.717) is 22.5 Å². The molecule has 0 spiro atoms. The van der Waals surface area contributed by atoms with Gasteiger partial charge in [-0.2, -0.15) is 0 Å². The van der Waals surface area contributed by atoms with Crippen LogP contribution < -0.4 is 10.2 Å². The largest absolute Gasteiger partial charge is 0.464 e. The Morgan fingerprint density at radius 1 is 1.13 bits per heavy atom. The molecule has 4 rings (SSSR count). The molecule has 2 amide bonds. The number of furan rings is 1. The second-order valence-corrected chi connectivity index (χ2v) is 8.29. The second-order valence-electron chi connectivity index (χ2n) is 8.29. The molecule has 160 valence electrons. The van der Waals surface area contributed by atoms with Crippen molar-refractivity contribution in [1.29, 1.82) is 0 Å². The average molecular weight is 420 g/mol. The van der Waals surface area contributed by atoms with Gasteiger partial charge in [0.15, 0.2) is 6.61 Å². The third-order valence-electron chi connectivity index (χ3n) is 5.72. The molecule has 3 aromatic rings. The number of nitrogens with zero attached hydrogens (tertiary/aromatic N) is 1. The summed E-state index contributed by atoms with van der Waals surface area (Å²) in [6, 6.07) is 10.9. The van der Waals surface area contributed by atoms with Gasteiger partial charge in [0.1, 0.15) is 11.1 Å². The van der Waals surface area contributed by atoms with Crippen molar-refractivity contribution >= 4 is 40.1 Å². The third-order valence-corrected chi connectivity index (χ3v) is 5.72. The van der Waals surface area contributed by atoms with Gasteiger partial charge in [0, 0.05) is 10.9 Å². The van der Waals surface area contributed by atoms with Crippen molar-refractivity contribution in [3.63, 3.8) is 0 Å². The minimum atomic E-state index is -1.12. The highest BCUT2D eigenvalue weighted by Crippen LogP contribution is 2.36. The molecular formula is C24H24N2O5. The normalized spacial score (nSPS) is 14.8. The molecule has 1 aromatic heterocycles. The first-order valence-electron chi connectivity index (χ1n) is 10.0. The van der Waals surface area contributed by atoms with E-state index in [1.165, 1.54) is 4.90 Å². The molecule has 0 aliphatic carbocycles. The number of anilines is 2. The molecule has 2 heterocycles. The van der Waals surface area contributed by atoms with Gasteiger partial charge in [-0.15, -0.1) is 0 Å². The summed E-state index contributed by atoms with van der Waals surface area (Å²) in [5.41, 5.74) is 3.62. The lowest BCUT2D eigenvalue weighted by Crippen LogP contribution is -2.59. The number of nitrogens with one attached hydrogen (secondary N) is 1. The monoisotopic (exact) mass is 420 g/mol. The molecule has 0 unspecified atom stereocenters. The number of fused-ring (bicyclic) bond motifs is 2. The Bertz CT molecular complexity index is 1210. The Morgan fingerprint density at radius 3 is 2.61 bits per heavy atom. The van der Waals surface area contributed by atoms with Gasteiger partial charge < -0.3 is 14.5 Å². The second kappa shape index (κ2) is 7.58. The van der Waals surface area contributed by atoms with Crippen molar-refractivity contribution in [2.75, 3.05) is 16.8 Å². The van der Waals surface area contributed by atoms with E-state index in [0.717, 1.165) is 16.5 Å². The molecule has 31 heavy (non-hydrogen) atoms. The van der Waals surface area contributed by atoms with Crippen LogP contribution in [0.2, 0.25) is 0 Å². The van der Waals surface area contributed by atoms with Crippen molar-refractivity contribution in [2.45, 2.75) is 39.7 Å². The Hall–Kier alpha value is -3.61. The topological polar surface area (TPSA) is 88.8 Å². The Kier molecular flexibility index (Phi) is 5.05. The minimum Gasteiger partial charge on any atom is -0.464 e. The molecule has 0 atom stereocenters. The number of carbonyl (C=O) groups is 3. The summed E-state index contributed by atoms with van der Waals surface area (Å²) < 4.78 is 10.8. The van der Waals surface area contributed by atoms with Crippen molar-refractivity contribution < 1.29 is 23.5 Å². The first-order chi connectivity index (χ1) is 14.7. The van der Waals surface area contributed by atoms with E-state index in [-0.39, 0.29) is 12.3 Å². The van der Waals surface area contributed by atoms with Gasteiger partial charge in [-0.3, -0.25) is 19.3 Å². The van der Waals surface area contributed by atoms with Crippen LogP contribution in [0, 0.1) is 13.8 Å². The molecule has 0 saturated carbocycles. The number of hydrogen-bond donors (Lipinski definition) is 1. The van der Waals surface area contributed by atoms with Crippen molar-refractivity contribution in [2.24, 2.45) is 0 Å². The molecule has 0 saturated heterocycles. The van der Waals surface area contributed by atoms with Gasteiger partial charge in [0.2, 0.25) is 5.91 Å². The summed E-state index contributed by atoms with van der Waals surface area (Å²) in [5.74, 6) is -1.31. The van der Waals surface area contributed by atoms with E-state index in [2.05, 4.69) is 5.32 Å². The van der Waals surface area contributed by atoms with Crippen LogP contribution in [0.4, 0.5) is 11.4 Å². The van der Waals surface area contributed by atoms with Gasteiger partial charge in [-0.25, -0.2) is 0 Å². The minimum absolute atomic E-state index is 0.0107. The fraction of sp³-hybridized carbons (Fsp3) is 0.292. The van der Waals surface area contributed by atoms with Crippen LogP contribution in [0.25, 0.3) is 11.0 Å². The summed E-state index contributed by atoms with van der Waals surface area (Å²) in [7, 11) is 0. The molecule has 7 nitrogen and oxygen atoms in total. The zero-order valence-electron chi connectivity index (χ0n) is 17.9. The standard InChI is InChI=1S/C24H24N2O5/c1-14-9-17-16(12-30-20(17)10-15(14)2)11-22(28)31-13-21(27)26-19-8-6-5-7-18(19)25-23(29)24(26,3)4/h5-10,12H,11,13H2,1-4H3,(H,25,29). The zero-order chi connectivity index (χ0) is 22.3. The smallest absolute Gasteiger partial charge is 0.310 e. The number of rotatable bonds is 4. The van der Waals surface area contributed by atoms with Gasteiger partial charge in [-0.1, -0.05) is 12.1 Å². The molecule has 0 fully saturated rings. The molecule has 7 heteroatoms. The predicted molar refractivity (Wildman–Crippen MR) is 117 cm³/mol. The van der Waals surface area contributed by atoms with Crippen LogP contribution in [0.5, 0.6) is 0 Å². The number of aryl methyl sites for hydroxylation is 2. The number of ether oxygens (including phenoxy) is 1. The maximum Gasteiger partial charge on any atom is 0.310 e. The van der Waals surface area contributed by atoms with Gasteiger partial charge in [0.25, 0.3) is 5.91 Å². The fourth-order valence-electron chi connectivity index (χ4n) is 3.78. The summed E-state index contributed by atoms with van der Waals surface area (Å²) in [6.45, 7) is 6.84. The molecule has 1 N–H and O–H groups in total. The Balaban J connectivity index is 1.48. The first kappa shape index (κ1) is 20.7. The van der Waals surface area contributed by atoms with Gasteiger partial charge in [0.05, 0.1) is 24.1 Å². The van der Waals surface area contributed by atoms with Gasteiger partial charge in [-0.05, 0) is 63.1 Å². The van der Waals surface area contributed by atoms with E-state index >= 15 is 0 Å². The van der Waals surface area contributed by atoms with E-state index in [1.54, 1.807) is 44.4 Å². The highest BCUT2D eigenvalue weighted by Gasteiger charge is 2.43. The van der Waals surface area contributed by atoms with Crippen LogP contribution in [0.3, 0.4) is 0 Å². The molecule has 1 aliphatic rings. The highest BCUT2D eigenvalue weighted by atomic mass is 16.5. The Labute approximate surface area is 180 Å². The Morgan fingerprint density at radius 2 is 1.84 bits per heavy atom. The van der Waals surface area contributed by atoms with Crippen LogP contribution in [-0.2, 0) is 25.5 Å². The van der Waals surface area contributed by atoms with E-state index in [4.69, 9.17) is 9.15 Å². The van der Waals surface area contributed by atoms with Crippen LogP contribution in [-0.4, -0.2) is 29.9 Å².